The zero-order valence-electron chi connectivity index (χ0n) is 21.7. The van der Waals surface area contributed by atoms with Gasteiger partial charge in [-0.1, -0.05) is 24.3 Å². The molecule has 1 fully saturated rings. The third-order valence-corrected chi connectivity index (χ3v) is 8.42. The van der Waals surface area contributed by atoms with Crippen molar-refractivity contribution in [1.29, 1.82) is 0 Å². The highest BCUT2D eigenvalue weighted by molar-refractivity contribution is 7.88. The lowest BCUT2D eigenvalue weighted by molar-refractivity contribution is -0.162. The van der Waals surface area contributed by atoms with Crippen LogP contribution in [0.3, 0.4) is 0 Å². The van der Waals surface area contributed by atoms with Crippen molar-refractivity contribution < 1.29 is 40.7 Å². The molecular formula is C26H31F4N3O5S. The van der Waals surface area contributed by atoms with Crippen LogP contribution < -0.4 is 0 Å². The Morgan fingerprint density at radius 3 is 2.44 bits per heavy atom. The maximum absolute atomic E-state index is 14.7. The quantitative estimate of drug-likeness (QED) is 0.267. The number of likely N-dealkylation sites (N-methyl/N-ethyl adjacent to an activating group) is 1. The third-order valence-electron chi connectivity index (χ3n) is 7.10. The van der Waals surface area contributed by atoms with Gasteiger partial charge >= 0.3 is 6.18 Å². The minimum atomic E-state index is -4.74. The van der Waals surface area contributed by atoms with Gasteiger partial charge in [-0.3, -0.25) is 14.5 Å². The summed E-state index contributed by atoms with van der Waals surface area (Å²) in [5, 5.41) is 9.95. The molecule has 1 amide bonds. The molecule has 0 aliphatic carbocycles. The van der Waals surface area contributed by atoms with E-state index in [4.69, 9.17) is 0 Å². The SMILES string of the molecule is Cc1c(F)cccc1[C@@H]1[C@@H](C(=O)c2cccc(O)c2)CN(CCN(C)S(C)(=O)=O)C[C@H]1N(C=O)CC(F)(F)F. The van der Waals surface area contributed by atoms with E-state index in [0.29, 0.717) is 10.5 Å². The number of aromatic hydroxyl groups is 1. The van der Waals surface area contributed by atoms with E-state index in [1.165, 1.54) is 56.4 Å². The number of hydrogen-bond acceptors (Lipinski definition) is 6. The van der Waals surface area contributed by atoms with Gasteiger partial charge in [0.1, 0.15) is 18.1 Å². The van der Waals surface area contributed by atoms with Crippen molar-refractivity contribution in [3.8, 4) is 5.75 Å². The molecule has 1 heterocycles. The number of rotatable bonds is 10. The van der Waals surface area contributed by atoms with Crippen molar-refractivity contribution in [2.75, 3.05) is 46.0 Å². The summed E-state index contributed by atoms with van der Waals surface area (Å²) in [5.41, 5.74) is 0.533. The molecule has 0 spiro atoms. The lowest BCUT2D eigenvalue weighted by Crippen LogP contribution is -2.58. The number of Topliss-reactive ketones (excluding diaryl/α,β-unsaturated/α-hetero) is 1. The van der Waals surface area contributed by atoms with E-state index in [0.717, 1.165) is 10.6 Å². The Bertz CT molecular complexity index is 1300. The number of carbonyl (C=O) groups is 2. The fourth-order valence-corrected chi connectivity index (χ4v) is 5.44. The van der Waals surface area contributed by atoms with Crippen LogP contribution in [0.15, 0.2) is 42.5 Å². The average Bonchev–Trinajstić information content (AvgIpc) is 2.85. The molecule has 2 aromatic carbocycles. The van der Waals surface area contributed by atoms with Crippen LogP contribution >= 0.6 is 0 Å². The monoisotopic (exact) mass is 573 g/mol. The van der Waals surface area contributed by atoms with Gasteiger partial charge in [-0.2, -0.15) is 13.2 Å². The minimum absolute atomic E-state index is 0.00191. The van der Waals surface area contributed by atoms with Crippen LogP contribution in [0.5, 0.6) is 5.75 Å². The van der Waals surface area contributed by atoms with Gasteiger partial charge in [-0.05, 0) is 36.2 Å². The Labute approximate surface area is 224 Å². The first-order valence-electron chi connectivity index (χ1n) is 12.1. The third kappa shape index (κ3) is 7.55. The molecule has 214 valence electrons. The van der Waals surface area contributed by atoms with E-state index in [9.17, 15) is 40.7 Å². The van der Waals surface area contributed by atoms with Gasteiger partial charge in [-0.25, -0.2) is 17.1 Å². The van der Waals surface area contributed by atoms with E-state index in [-0.39, 0.29) is 49.5 Å². The van der Waals surface area contributed by atoms with Gasteiger partial charge in [0.05, 0.1) is 12.3 Å². The molecule has 0 bridgehead atoms. The fraction of sp³-hybridized carbons (Fsp3) is 0.462. The second-order valence-electron chi connectivity index (χ2n) is 9.81. The first-order chi connectivity index (χ1) is 18.1. The van der Waals surface area contributed by atoms with E-state index in [1.54, 1.807) is 4.90 Å². The van der Waals surface area contributed by atoms with Crippen LogP contribution in [-0.4, -0.2) is 98.1 Å². The minimum Gasteiger partial charge on any atom is -0.508 e. The highest BCUT2D eigenvalue weighted by Gasteiger charge is 2.46. The molecule has 0 unspecified atom stereocenters. The van der Waals surface area contributed by atoms with E-state index >= 15 is 0 Å². The van der Waals surface area contributed by atoms with Crippen molar-refractivity contribution in [1.82, 2.24) is 14.1 Å². The highest BCUT2D eigenvalue weighted by Crippen LogP contribution is 2.40. The van der Waals surface area contributed by atoms with Crippen molar-refractivity contribution in [2.24, 2.45) is 5.92 Å². The van der Waals surface area contributed by atoms with Crippen LogP contribution in [0, 0.1) is 18.7 Å². The Morgan fingerprint density at radius 1 is 1.18 bits per heavy atom. The first kappa shape index (κ1) is 30.5. The number of benzene rings is 2. The predicted molar refractivity (Wildman–Crippen MR) is 136 cm³/mol. The number of phenols is 1. The van der Waals surface area contributed by atoms with Gasteiger partial charge < -0.3 is 10.0 Å². The first-order valence-corrected chi connectivity index (χ1v) is 14.0. The molecule has 8 nitrogen and oxygen atoms in total. The van der Waals surface area contributed by atoms with Crippen molar-refractivity contribution in [3.63, 3.8) is 0 Å². The number of hydrogen-bond donors (Lipinski definition) is 1. The van der Waals surface area contributed by atoms with Crippen molar-refractivity contribution >= 4 is 22.2 Å². The van der Waals surface area contributed by atoms with Crippen molar-refractivity contribution in [2.45, 2.75) is 25.1 Å². The number of alkyl halides is 3. The number of sulfonamides is 1. The second kappa shape index (κ2) is 12.0. The van der Waals surface area contributed by atoms with Crippen LogP contribution in [-0.2, 0) is 14.8 Å². The maximum Gasteiger partial charge on any atom is 0.406 e. The van der Waals surface area contributed by atoms with Gasteiger partial charge in [-0.15, -0.1) is 0 Å². The van der Waals surface area contributed by atoms with Crippen LogP contribution in [0.1, 0.15) is 27.4 Å². The molecular weight excluding hydrogens is 542 g/mol. The van der Waals surface area contributed by atoms with Gasteiger partial charge in [0.2, 0.25) is 16.4 Å². The number of nitrogens with zero attached hydrogens (tertiary/aromatic N) is 3. The molecule has 0 saturated carbocycles. The van der Waals surface area contributed by atoms with Crippen molar-refractivity contribution in [3.05, 3.63) is 65.0 Å². The summed E-state index contributed by atoms with van der Waals surface area (Å²) < 4.78 is 80.1. The van der Waals surface area contributed by atoms with E-state index in [2.05, 4.69) is 0 Å². The number of halogens is 4. The summed E-state index contributed by atoms with van der Waals surface area (Å²) in [4.78, 5) is 28.1. The summed E-state index contributed by atoms with van der Waals surface area (Å²) >= 11 is 0. The molecule has 39 heavy (non-hydrogen) atoms. The Balaban J connectivity index is 2.14. The molecule has 3 atom stereocenters. The number of likely N-dealkylation sites (tertiary alicyclic amines) is 1. The molecule has 0 aromatic heterocycles. The normalized spacial score (nSPS) is 20.7. The molecule has 1 saturated heterocycles. The summed E-state index contributed by atoms with van der Waals surface area (Å²) in [6.07, 6.45) is -3.66. The summed E-state index contributed by atoms with van der Waals surface area (Å²) in [5.74, 6) is -3.38. The summed E-state index contributed by atoms with van der Waals surface area (Å²) in [7, 11) is -2.20. The number of piperidine rings is 1. The lowest BCUT2D eigenvalue weighted by Gasteiger charge is -2.47. The number of carbonyl (C=O) groups excluding carboxylic acids is 2. The van der Waals surface area contributed by atoms with Gasteiger partial charge in [0, 0.05) is 50.6 Å². The zero-order valence-corrected chi connectivity index (χ0v) is 22.5. The summed E-state index contributed by atoms with van der Waals surface area (Å²) in [6, 6.07) is 8.42. The van der Waals surface area contributed by atoms with Crippen LogP contribution in [0.4, 0.5) is 17.6 Å². The average molecular weight is 574 g/mol. The molecule has 1 aliphatic heterocycles. The lowest BCUT2D eigenvalue weighted by atomic mass is 9.72. The molecule has 1 aliphatic rings. The Hall–Kier alpha value is -3.03. The Kier molecular flexibility index (Phi) is 9.39. The second-order valence-corrected chi connectivity index (χ2v) is 11.9. The van der Waals surface area contributed by atoms with Gasteiger partial charge in [0.15, 0.2) is 5.78 Å². The number of amides is 1. The van der Waals surface area contributed by atoms with E-state index < -0.39 is 52.2 Å². The molecule has 1 N–H and O–H groups in total. The number of ketones is 1. The summed E-state index contributed by atoms with van der Waals surface area (Å²) in [6.45, 7) is -0.185. The van der Waals surface area contributed by atoms with Gasteiger partial charge in [0.25, 0.3) is 0 Å². The topological polar surface area (TPSA) is 98.2 Å². The Morgan fingerprint density at radius 2 is 1.85 bits per heavy atom. The molecule has 2 aromatic rings. The van der Waals surface area contributed by atoms with Crippen LogP contribution in [0.25, 0.3) is 0 Å². The molecule has 13 heteroatoms. The fourth-order valence-electron chi connectivity index (χ4n) is 5.02. The number of phenolic OH excluding ortho intramolecular Hbond substituents is 1. The smallest absolute Gasteiger partial charge is 0.406 e. The standard InChI is InChI=1S/C26H31F4N3O5S/c1-17-20(8-5-9-22(17)27)24-21(25(36)18-6-4-7-19(35)12-18)13-32(11-10-31(2)39(3,37)38)14-23(24)33(16-34)15-26(28,29)30/h4-9,12,16,21,23-24,35H,10-11,13-15H2,1-3H3/t21-,23+,24+/m0/s1. The van der Waals surface area contributed by atoms with Crippen LogP contribution in [0.2, 0.25) is 0 Å². The maximum atomic E-state index is 14.7. The highest BCUT2D eigenvalue weighted by atomic mass is 32.2. The molecule has 3 rings (SSSR count). The predicted octanol–water partition coefficient (Wildman–Crippen LogP) is 3.02. The molecule has 0 radical (unpaired) electrons. The van der Waals surface area contributed by atoms with E-state index in [1.807, 2.05) is 0 Å². The zero-order chi connectivity index (χ0) is 29.1. The largest absolute Gasteiger partial charge is 0.508 e.